The Bertz CT molecular complexity index is 990. The van der Waals surface area contributed by atoms with E-state index in [1.807, 2.05) is 13.0 Å². The van der Waals surface area contributed by atoms with E-state index >= 15 is 0 Å². The maximum Gasteiger partial charge on any atom is 0.254 e. The molecule has 0 unspecified atom stereocenters. The molecule has 2 aliphatic heterocycles. The summed E-state index contributed by atoms with van der Waals surface area (Å²) in [5, 5.41) is 3.92. The van der Waals surface area contributed by atoms with Crippen LogP contribution in [0.1, 0.15) is 52.7 Å². The first-order valence-corrected chi connectivity index (χ1v) is 10.4. The zero-order valence-electron chi connectivity index (χ0n) is 14.5. The molecule has 3 heterocycles. The fourth-order valence-corrected chi connectivity index (χ4v) is 5.20. The SMILES string of the molecule is Cc1cc([C@@H]2CCCN2C(=O)c2cccc(C3=CCCS3(=O)=O)c2)on1. The molecular weight excluding hydrogens is 352 g/mol. The molecule has 136 valence electrons. The number of amides is 1. The molecule has 1 fully saturated rings. The number of carbonyl (C=O) groups excluding carboxylic acids is 1. The van der Waals surface area contributed by atoms with Crippen LogP contribution in [0.15, 0.2) is 40.9 Å². The van der Waals surface area contributed by atoms with E-state index in [9.17, 15) is 13.2 Å². The minimum absolute atomic E-state index is 0.112. The first kappa shape index (κ1) is 17.0. The van der Waals surface area contributed by atoms with Crippen LogP contribution in [0.3, 0.4) is 0 Å². The van der Waals surface area contributed by atoms with Gasteiger partial charge in [0.05, 0.1) is 22.4 Å². The third-order valence-corrected chi connectivity index (χ3v) is 6.78. The smallest absolute Gasteiger partial charge is 0.254 e. The summed E-state index contributed by atoms with van der Waals surface area (Å²) in [4.78, 5) is 15.2. The van der Waals surface area contributed by atoms with Gasteiger partial charge in [-0.15, -0.1) is 0 Å². The lowest BCUT2D eigenvalue weighted by Crippen LogP contribution is -2.30. The van der Waals surface area contributed by atoms with E-state index in [1.54, 1.807) is 35.2 Å². The molecule has 1 amide bonds. The number of sulfone groups is 1. The normalized spacial score (nSPS) is 21.8. The number of allylic oxidation sites excluding steroid dienone is 1. The third-order valence-electron chi connectivity index (χ3n) is 4.93. The van der Waals surface area contributed by atoms with Gasteiger partial charge in [-0.3, -0.25) is 4.79 Å². The number of aromatic nitrogens is 1. The molecule has 1 saturated heterocycles. The highest BCUT2D eigenvalue weighted by atomic mass is 32.2. The number of hydrogen-bond donors (Lipinski definition) is 0. The molecule has 0 saturated carbocycles. The Kier molecular flexibility index (Phi) is 4.19. The van der Waals surface area contributed by atoms with Crippen LogP contribution >= 0.6 is 0 Å². The largest absolute Gasteiger partial charge is 0.359 e. The Morgan fingerprint density at radius 2 is 2.15 bits per heavy atom. The number of benzene rings is 1. The highest BCUT2D eigenvalue weighted by Crippen LogP contribution is 2.34. The number of likely N-dealkylation sites (tertiary alicyclic amines) is 1. The highest BCUT2D eigenvalue weighted by molar-refractivity contribution is 8.00. The van der Waals surface area contributed by atoms with Gasteiger partial charge >= 0.3 is 0 Å². The molecular formula is C19H20N2O4S. The van der Waals surface area contributed by atoms with Crippen LogP contribution in [-0.2, 0) is 9.84 Å². The van der Waals surface area contributed by atoms with Crippen LogP contribution in [-0.4, -0.2) is 36.7 Å². The zero-order chi connectivity index (χ0) is 18.3. The van der Waals surface area contributed by atoms with Crippen molar-refractivity contribution in [3.05, 3.63) is 59.0 Å². The summed E-state index contributed by atoms with van der Waals surface area (Å²) in [7, 11) is -3.24. The molecule has 4 rings (SSSR count). The number of hydrogen-bond acceptors (Lipinski definition) is 5. The van der Waals surface area contributed by atoms with E-state index in [-0.39, 0.29) is 17.7 Å². The van der Waals surface area contributed by atoms with E-state index in [2.05, 4.69) is 5.16 Å². The second kappa shape index (κ2) is 6.39. The Morgan fingerprint density at radius 1 is 1.31 bits per heavy atom. The standard InChI is InChI=1S/C19H20N2O4S/c1-13-11-17(25-20-13)16-7-3-9-21(16)19(22)15-6-2-5-14(12-15)18-8-4-10-26(18,23)24/h2,5-6,8,11-12,16H,3-4,7,9-10H2,1H3/t16-/m0/s1. The predicted octanol–water partition coefficient (Wildman–Crippen LogP) is 3.12. The fourth-order valence-electron chi connectivity index (χ4n) is 3.70. The lowest BCUT2D eigenvalue weighted by atomic mass is 10.1. The first-order chi connectivity index (χ1) is 12.5. The van der Waals surface area contributed by atoms with E-state index in [4.69, 9.17) is 4.52 Å². The number of nitrogens with zero attached hydrogens (tertiary/aromatic N) is 2. The van der Waals surface area contributed by atoms with Crippen molar-refractivity contribution in [2.75, 3.05) is 12.3 Å². The summed E-state index contributed by atoms with van der Waals surface area (Å²) in [5.74, 6) is 0.726. The van der Waals surface area contributed by atoms with Crippen molar-refractivity contribution < 1.29 is 17.7 Å². The van der Waals surface area contributed by atoms with Gasteiger partial charge in [0.2, 0.25) is 0 Å². The summed E-state index contributed by atoms with van der Waals surface area (Å²) >= 11 is 0. The molecule has 2 aliphatic rings. The van der Waals surface area contributed by atoms with Crippen molar-refractivity contribution >= 4 is 20.6 Å². The fraction of sp³-hybridized carbons (Fsp3) is 0.368. The Morgan fingerprint density at radius 3 is 2.85 bits per heavy atom. The van der Waals surface area contributed by atoms with Gasteiger partial charge in [0.15, 0.2) is 15.6 Å². The molecule has 1 atom stereocenters. The summed E-state index contributed by atoms with van der Waals surface area (Å²) < 4.78 is 29.7. The number of carbonyl (C=O) groups is 1. The molecule has 0 bridgehead atoms. The van der Waals surface area contributed by atoms with Gasteiger partial charge in [-0.1, -0.05) is 23.4 Å². The van der Waals surface area contributed by atoms with Crippen LogP contribution in [0.2, 0.25) is 0 Å². The summed E-state index contributed by atoms with van der Waals surface area (Å²) in [6.07, 6.45) is 3.98. The Hall–Kier alpha value is -2.41. The quantitative estimate of drug-likeness (QED) is 0.827. The van der Waals surface area contributed by atoms with Gasteiger partial charge in [-0.2, -0.15) is 0 Å². The lowest BCUT2D eigenvalue weighted by molar-refractivity contribution is 0.0714. The van der Waals surface area contributed by atoms with Gasteiger partial charge in [0.1, 0.15) is 0 Å². The molecule has 0 N–H and O–H groups in total. The molecule has 2 aromatic rings. The lowest BCUT2D eigenvalue weighted by Gasteiger charge is -2.23. The van der Waals surface area contributed by atoms with Crippen LogP contribution < -0.4 is 0 Å². The second-order valence-electron chi connectivity index (χ2n) is 6.78. The molecule has 0 aliphatic carbocycles. The molecule has 0 radical (unpaired) electrons. The first-order valence-electron chi connectivity index (χ1n) is 8.73. The second-order valence-corrected chi connectivity index (χ2v) is 8.86. The van der Waals surface area contributed by atoms with Crippen molar-refractivity contribution in [3.63, 3.8) is 0 Å². The zero-order valence-corrected chi connectivity index (χ0v) is 15.3. The summed E-state index contributed by atoms with van der Waals surface area (Å²) in [6, 6.07) is 8.63. The van der Waals surface area contributed by atoms with Gasteiger partial charge in [0.25, 0.3) is 5.91 Å². The van der Waals surface area contributed by atoms with Crippen molar-refractivity contribution in [3.8, 4) is 0 Å². The van der Waals surface area contributed by atoms with Crippen molar-refractivity contribution in [1.82, 2.24) is 10.1 Å². The maximum atomic E-state index is 13.1. The van der Waals surface area contributed by atoms with Gasteiger partial charge in [0, 0.05) is 18.2 Å². The Labute approximate surface area is 152 Å². The average molecular weight is 372 g/mol. The van der Waals surface area contributed by atoms with E-state index in [1.165, 1.54) is 0 Å². The topological polar surface area (TPSA) is 80.5 Å². The summed E-state index contributed by atoms with van der Waals surface area (Å²) in [5.41, 5.74) is 1.87. The number of aryl methyl sites for hydroxylation is 1. The molecule has 6 nitrogen and oxygen atoms in total. The summed E-state index contributed by atoms with van der Waals surface area (Å²) in [6.45, 7) is 2.50. The monoisotopic (exact) mass is 372 g/mol. The predicted molar refractivity (Wildman–Crippen MR) is 97.1 cm³/mol. The molecule has 1 aromatic carbocycles. The molecule has 0 spiro atoms. The average Bonchev–Trinajstić information content (AvgIpc) is 3.33. The van der Waals surface area contributed by atoms with Gasteiger partial charge < -0.3 is 9.42 Å². The van der Waals surface area contributed by atoms with Crippen molar-refractivity contribution in [2.45, 2.75) is 32.2 Å². The Balaban J connectivity index is 1.63. The molecule has 26 heavy (non-hydrogen) atoms. The third kappa shape index (κ3) is 2.96. The number of rotatable bonds is 3. The van der Waals surface area contributed by atoms with Crippen molar-refractivity contribution in [1.29, 1.82) is 0 Å². The highest BCUT2D eigenvalue weighted by Gasteiger charge is 2.33. The van der Waals surface area contributed by atoms with Gasteiger partial charge in [-0.25, -0.2) is 8.42 Å². The van der Waals surface area contributed by atoms with Crippen LogP contribution in [0.25, 0.3) is 4.91 Å². The minimum atomic E-state index is -3.24. The van der Waals surface area contributed by atoms with E-state index in [0.29, 0.717) is 34.8 Å². The van der Waals surface area contributed by atoms with Crippen molar-refractivity contribution in [2.24, 2.45) is 0 Å². The van der Waals surface area contributed by atoms with Crippen LogP contribution in [0.4, 0.5) is 0 Å². The van der Waals surface area contributed by atoms with Gasteiger partial charge in [-0.05, 0) is 43.9 Å². The molecule has 1 aromatic heterocycles. The molecule has 7 heteroatoms. The van der Waals surface area contributed by atoms with E-state index < -0.39 is 9.84 Å². The van der Waals surface area contributed by atoms with Crippen LogP contribution in [0, 0.1) is 6.92 Å². The maximum absolute atomic E-state index is 13.1. The van der Waals surface area contributed by atoms with E-state index in [0.717, 1.165) is 18.5 Å². The van der Waals surface area contributed by atoms with Crippen LogP contribution in [0.5, 0.6) is 0 Å². The minimum Gasteiger partial charge on any atom is -0.359 e.